The molecule has 0 saturated heterocycles. The van der Waals surface area contributed by atoms with Crippen molar-refractivity contribution < 1.29 is 4.79 Å². The first-order valence-corrected chi connectivity index (χ1v) is 6.07. The number of hydrogen-bond donors (Lipinski definition) is 1. The highest BCUT2D eigenvalue weighted by Crippen LogP contribution is 2.20. The highest BCUT2D eigenvalue weighted by Gasteiger charge is 2.14. The van der Waals surface area contributed by atoms with Gasteiger partial charge in [-0.2, -0.15) is 0 Å². The zero-order chi connectivity index (χ0) is 12.3. The fourth-order valence-electron chi connectivity index (χ4n) is 1.54. The number of rotatable bonds is 3. The minimum absolute atomic E-state index is 0.0256. The summed E-state index contributed by atoms with van der Waals surface area (Å²) >= 11 is 1.45. The molecule has 0 fully saturated rings. The van der Waals surface area contributed by atoms with E-state index in [9.17, 15) is 4.79 Å². The van der Waals surface area contributed by atoms with Gasteiger partial charge in [0.2, 0.25) is 5.91 Å². The number of carbonyl (C=O) groups excluding carboxylic acids is 1. The third-order valence-corrected chi connectivity index (χ3v) is 3.12. The molecule has 1 aromatic carbocycles. The normalized spacial score (nSPS) is 10.2. The van der Waals surface area contributed by atoms with Crippen molar-refractivity contribution in [2.24, 2.45) is 0 Å². The van der Waals surface area contributed by atoms with Gasteiger partial charge in [0.15, 0.2) is 5.13 Å². The van der Waals surface area contributed by atoms with Crippen LogP contribution in [0.1, 0.15) is 12.5 Å². The second-order valence-electron chi connectivity index (χ2n) is 3.66. The molecule has 1 aromatic heterocycles. The van der Waals surface area contributed by atoms with E-state index < -0.39 is 0 Å². The number of hydrogen-bond acceptors (Lipinski definition) is 4. The van der Waals surface area contributed by atoms with Gasteiger partial charge in [0.1, 0.15) is 0 Å². The van der Waals surface area contributed by atoms with E-state index in [-0.39, 0.29) is 5.91 Å². The summed E-state index contributed by atoms with van der Waals surface area (Å²) in [7, 11) is 0. The standard InChI is InChI=1S/C12H13N3OS/c1-9(16)15(12-14-5-6-17-12)8-10-3-2-4-11(13)7-10/h2-7H,8,13H2,1H3. The lowest BCUT2D eigenvalue weighted by molar-refractivity contribution is -0.116. The van der Waals surface area contributed by atoms with Gasteiger partial charge < -0.3 is 5.73 Å². The molecule has 0 bridgehead atoms. The second kappa shape index (κ2) is 4.97. The Morgan fingerprint density at radius 1 is 1.53 bits per heavy atom. The lowest BCUT2D eigenvalue weighted by atomic mass is 10.2. The Hall–Kier alpha value is -1.88. The lowest BCUT2D eigenvalue weighted by Gasteiger charge is -2.18. The number of aromatic nitrogens is 1. The summed E-state index contributed by atoms with van der Waals surface area (Å²) in [4.78, 5) is 17.4. The Balaban J connectivity index is 2.22. The third kappa shape index (κ3) is 2.82. The molecule has 0 unspecified atom stereocenters. The smallest absolute Gasteiger partial charge is 0.225 e. The molecule has 1 heterocycles. The summed E-state index contributed by atoms with van der Waals surface area (Å²) in [5.74, 6) is -0.0256. The van der Waals surface area contributed by atoms with Crippen LogP contribution in [0.25, 0.3) is 0 Å². The maximum atomic E-state index is 11.6. The second-order valence-corrected chi connectivity index (χ2v) is 4.54. The van der Waals surface area contributed by atoms with E-state index in [1.54, 1.807) is 11.1 Å². The molecule has 0 spiro atoms. The number of thiazole rings is 1. The summed E-state index contributed by atoms with van der Waals surface area (Å²) in [6.45, 7) is 2.03. The molecule has 0 saturated carbocycles. The van der Waals surface area contributed by atoms with Gasteiger partial charge >= 0.3 is 0 Å². The topological polar surface area (TPSA) is 59.2 Å². The number of anilines is 2. The molecule has 2 N–H and O–H groups in total. The predicted octanol–water partition coefficient (Wildman–Crippen LogP) is 2.28. The van der Waals surface area contributed by atoms with Crippen LogP contribution < -0.4 is 10.6 Å². The lowest BCUT2D eigenvalue weighted by Crippen LogP contribution is -2.27. The molecule has 2 rings (SSSR count). The Bertz CT molecular complexity index is 510. The van der Waals surface area contributed by atoms with Gasteiger partial charge in [-0.25, -0.2) is 4.98 Å². The van der Waals surface area contributed by atoms with E-state index in [1.807, 2.05) is 29.6 Å². The summed E-state index contributed by atoms with van der Waals surface area (Å²) in [6, 6.07) is 7.51. The predicted molar refractivity (Wildman–Crippen MR) is 69.8 cm³/mol. The van der Waals surface area contributed by atoms with Crippen molar-refractivity contribution >= 4 is 28.1 Å². The zero-order valence-electron chi connectivity index (χ0n) is 9.46. The van der Waals surface area contributed by atoms with Crippen LogP contribution in [-0.4, -0.2) is 10.9 Å². The maximum Gasteiger partial charge on any atom is 0.225 e. The first-order valence-electron chi connectivity index (χ1n) is 5.19. The molecular weight excluding hydrogens is 234 g/mol. The summed E-state index contributed by atoms with van der Waals surface area (Å²) in [6.07, 6.45) is 1.69. The van der Waals surface area contributed by atoms with Gasteiger partial charge in [0, 0.05) is 24.2 Å². The molecule has 5 heteroatoms. The molecule has 88 valence electrons. The van der Waals surface area contributed by atoms with Gasteiger partial charge in [0.05, 0.1) is 6.54 Å². The number of benzene rings is 1. The summed E-state index contributed by atoms with van der Waals surface area (Å²) < 4.78 is 0. The Kier molecular flexibility index (Phi) is 3.39. The van der Waals surface area contributed by atoms with E-state index in [0.717, 1.165) is 5.56 Å². The van der Waals surface area contributed by atoms with Gasteiger partial charge in [-0.15, -0.1) is 11.3 Å². The SMILES string of the molecule is CC(=O)N(Cc1cccc(N)c1)c1nccs1. The molecule has 0 atom stereocenters. The monoisotopic (exact) mass is 247 g/mol. The zero-order valence-corrected chi connectivity index (χ0v) is 10.3. The van der Waals surface area contributed by atoms with Crippen LogP contribution in [0.5, 0.6) is 0 Å². The first-order chi connectivity index (χ1) is 8.16. The number of nitrogen functional groups attached to an aromatic ring is 1. The number of nitrogens with zero attached hydrogens (tertiary/aromatic N) is 2. The van der Waals surface area contributed by atoms with Crippen LogP contribution >= 0.6 is 11.3 Å². The average molecular weight is 247 g/mol. The number of amides is 1. The van der Waals surface area contributed by atoms with Gasteiger partial charge in [-0.05, 0) is 17.7 Å². The van der Waals surface area contributed by atoms with Crippen LogP contribution in [0, 0.1) is 0 Å². The van der Waals surface area contributed by atoms with Crippen molar-refractivity contribution in [2.75, 3.05) is 10.6 Å². The maximum absolute atomic E-state index is 11.6. The molecule has 0 aliphatic carbocycles. The molecular formula is C12H13N3OS. The minimum Gasteiger partial charge on any atom is -0.399 e. The molecule has 1 amide bonds. The molecule has 0 radical (unpaired) electrons. The van der Waals surface area contributed by atoms with Gasteiger partial charge in [-0.1, -0.05) is 12.1 Å². The molecule has 4 nitrogen and oxygen atoms in total. The Morgan fingerprint density at radius 3 is 2.94 bits per heavy atom. The van der Waals surface area contributed by atoms with Gasteiger partial charge in [0.25, 0.3) is 0 Å². The largest absolute Gasteiger partial charge is 0.399 e. The van der Waals surface area contributed by atoms with E-state index >= 15 is 0 Å². The van der Waals surface area contributed by atoms with Crippen LogP contribution in [-0.2, 0) is 11.3 Å². The summed E-state index contributed by atoms with van der Waals surface area (Å²) in [5.41, 5.74) is 7.41. The molecule has 0 aliphatic rings. The molecule has 0 aliphatic heterocycles. The van der Waals surface area contributed by atoms with Crippen molar-refractivity contribution in [1.82, 2.24) is 4.98 Å². The third-order valence-electron chi connectivity index (χ3n) is 2.32. The van der Waals surface area contributed by atoms with Crippen LogP contribution in [0.2, 0.25) is 0 Å². The highest BCUT2D eigenvalue weighted by atomic mass is 32.1. The quantitative estimate of drug-likeness (QED) is 0.846. The fraction of sp³-hybridized carbons (Fsp3) is 0.167. The number of carbonyl (C=O) groups is 1. The van der Waals surface area contributed by atoms with Crippen molar-refractivity contribution in [1.29, 1.82) is 0 Å². The van der Waals surface area contributed by atoms with Crippen LogP contribution in [0.4, 0.5) is 10.8 Å². The van der Waals surface area contributed by atoms with Gasteiger partial charge in [-0.3, -0.25) is 9.69 Å². The Labute approximate surface area is 104 Å². The fourth-order valence-corrected chi connectivity index (χ4v) is 2.22. The number of nitrogens with two attached hydrogens (primary N) is 1. The summed E-state index contributed by atoms with van der Waals surface area (Å²) in [5, 5.41) is 2.56. The molecule has 2 aromatic rings. The van der Waals surface area contributed by atoms with Crippen molar-refractivity contribution in [3.05, 3.63) is 41.4 Å². The minimum atomic E-state index is -0.0256. The Morgan fingerprint density at radius 2 is 2.35 bits per heavy atom. The van der Waals surface area contributed by atoms with E-state index in [2.05, 4.69) is 4.98 Å². The van der Waals surface area contributed by atoms with Crippen LogP contribution in [0.3, 0.4) is 0 Å². The first kappa shape index (κ1) is 11.6. The van der Waals surface area contributed by atoms with Crippen LogP contribution in [0.15, 0.2) is 35.8 Å². The highest BCUT2D eigenvalue weighted by molar-refractivity contribution is 7.13. The van der Waals surface area contributed by atoms with E-state index in [4.69, 9.17) is 5.73 Å². The molecule has 17 heavy (non-hydrogen) atoms. The van der Waals surface area contributed by atoms with Crippen molar-refractivity contribution in [3.63, 3.8) is 0 Å². The van der Waals surface area contributed by atoms with E-state index in [0.29, 0.717) is 17.4 Å². The van der Waals surface area contributed by atoms with Crippen molar-refractivity contribution in [3.8, 4) is 0 Å². The van der Waals surface area contributed by atoms with Crippen molar-refractivity contribution in [2.45, 2.75) is 13.5 Å². The average Bonchev–Trinajstić information content (AvgIpc) is 2.78. The van der Waals surface area contributed by atoms with E-state index in [1.165, 1.54) is 18.3 Å².